The van der Waals surface area contributed by atoms with Crippen molar-refractivity contribution in [3.05, 3.63) is 55.4 Å². The van der Waals surface area contributed by atoms with Gasteiger partial charge in [0.15, 0.2) is 6.61 Å². The van der Waals surface area contributed by atoms with Gasteiger partial charge in [-0.25, -0.2) is 4.79 Å². The molecule has 0 atom stereocenters. The number of ether oxygens (including phenoxy) is 1. The third kappa shape index (κ3) is 4.72. The fraction of sp³-hybridized carbons (Fsp3) is 0.125. The van der Waals surface area contributed by atoms with Crippen molar-refractivity contribution in [2.24, 2.45) is 0 Å². The van der Waals surface area contributed by atoms with E-state index in [2.05, 4.69) is 37.2 Å². The van der Waals surface area contributed by atoms with Gasteiger partial charge in [0.05, 0.1) is 14.5 Å². The largest absolute Gasteiger partial charge is 0.481 e. The maximum absolute atomic E-state index is 12.0. The van der Waals surface area contributed by atoms with Crippen LogP contribution in [0.25, 0.3) is 0 Å². The number of hydrogen-bond acceptors (Lipinski definition) is 3. The van der Waals surface area contributed by atoms with Crippen molar-refractivity contribution in [3.8, 4) is 5.75 Å². The Bertz CT molecular complexity index is 788. The van der Waals surface area contributed by atoms with Gasteiger partial charge in [0.1, 0.15) is 5.75 Å². The van der Waals surface area contributed by atoms with Crippen LogP contribution in [-0.4, -0.2) is 23.6 Å². The average Bonchev–Trinajstić information content (AvgIpc) is 2.50. The Labute approximate surface area is 160 Å². The Morgan fingerprint density at radius 1 is 1.21 bits per heavy atom. The molecular weight excluding hydrogens is 465 g/mol. The predicted octanol–water partition coefficient (Wildman–Crippen LogP) is 4.89. The smallest absolute Gasteiger partial charge is 0.335 e. The summed E-state index contributed by atoms with van der Waals surface area (Å²) in [6, 6.07) is 8.01. The lowest BCUT2D eigenvalue weighted by Crippen LogP contribution is -2.20. The molecule has 0 bridgehead atoms. The third-order valence-electron chi connectivity index (χ3n) is 3.05. The number of hydrogen-bond donors (Lipinski definition) is 2. The highest BCUT2D eigenvalue weighted by Crippen LogP contribution is 2.34. The molecule has 0 aromatic heterocycles. The standard InChI is InChI=1S/C16H12Br2ClNO4/c1-8-2-3-10(6-13(8)19)20-14(21)7-24-15-11(17)4-9(16(22)23)5-12(15)18/h2-6H,7H2,1H3,(H,20,21)(H,22,23). The molecule has 2 aromatic rings. The normalized spacial score (nSPS) is 10.3. The summed E-state index contributed by atoms with van der Waals surface area (Å²) >= 11 is 12.5. The molecule has 0 aliphatic carbocycles. The van der Waals surface area contributed by atoms with E-state index in [1.165, 1.54) is 12.1 Å². The molecule has 0 heterocycles. The molecular formula is C16H12Br2ClNO4. The molecule has 0 unspecified atom stereocenters. The van der Waals surface area contributed by atoms with Gasteiger partial charge in [-0.2, -0.15) is 0 Å². The van der Waals surface area contributed by atoms with Gasteiger partial charge in [-0.15, -0.1) is 0 Å². The van der Waals surface area contributed by atoms with Crippen LogP contribution in [0.2, 0.25) is 5.02 Å². The van der Waals surface area contributed by atoms with Crippen molar-refractivity contribution in [1.82, 2.24) is 0 Å². The lowest BCUT2D eigenvalue weighted by molar-refractivity contribution is -0.118. The Hall–Kier alpha value is -1.57. The minimum atomic E-state index is -1.06. The summed E-state index contributed by atoms with van der Waals surface area (Å²) in [4.78, 5) is 23.0. The first kappa shape index (κ1) is 18.8. The van der Waals surface area contributed by atoms with Crippen LogP contribution < -0.4 is 10.1 Å². The molecule has 2 aromatic carbocycles. The summed E-state index contributed by atoms with van der Waals surface area (Å²) in [7, 11) is 0. The van der Waals surface area contributed by atoms with Gasteiger partial charge >= 0.3 is 5.97 Å². The number of nitrogens with one attached hydrogen (secondary N) is 1. The van der Waals surface area contributed by atoms with Gasteiger partial charge in [0.2, 0.25) is 0 Å². The quantitative estimate of drug-likeness (QED) is 0.643. The summed E-state index contributed by atoms with van der Waals surface area (Å²) in [5, 5.41) is 12.2. The summed E-state index contributed by atoms with van der Waals surface area (Å²) in [6.45, 7) is 1.63. The van der Waals surface area contributed by atoms with Gasteiger partial charge in [0.25, 0.3) is 5.91 Å². The summed E-state index contributed by atoms with van der Waals surface area (Å²) in [5.74, 6) is -1.08. The lowest BCUT2D eigenvalue weighted by Gasteiger charge is -2.12. The second-order valence-electron chi connectivity index (χ2n) is 4.87. The van der Waals surface area contributed by atoms with Crippen molar-refractivity contribution in [1.29, 1.82) is 0 Å². The van der Waals surface area contributed by atoms with Gasteiger partial charge in [0, 0.05) is 10.7 Å². The number of carbonyl (C=O) groups excluding carboxylic acids is 1. The SMILES string of the molecule is Cc1ccc(NC(=O)COc2c(Br)cc(C(=O)O)cc2Br)cc1Cl. The molecule has 5 nitrogen and oxygen atoms in total. The highest BCUT2D eigenvalue weighted by Gasteiger charge is 2.14. The molecule has 0 saturated carbocycles. The summed E-state index contributed by atoms with van der Waals surface area (Å²) in [6.07, 6.45) is 0. The average molecular weight is 478 g/mol. The van der Waals surface area contributed by atoms with Crippen LogP contribution in [0.1, 0.15) is 15.9 Å². The third-order valence-corrected chi connectivity index (χ3v) is 4.63. The molecule has 0 fully saturated rings. The minimum Gasteiger partial charge on any atom is -0.481 e. The van der Waals surface area contributed by atoms with Crippen LogP contribution in [0.15, 0.2) is 39.3 Å². The number of rotatable bonds is 5. The van der Waals surface area contributed by atoms with Crippen molar-refractivity contribution >= 4 is 61.0 Å². The van der Waals surface area contributed by atoms with Crippen molar-refractivity contribution in [2.45, 2.75) is 6.92 Å². The van der Waals surface area contributed by atoms with E-state index in [-0.39, 0.29) is 18.1 Å². The lowest BCUT2D eigenvalue weighted by atomic mass is 10.2. The number of aryl methyl sites for hydroxylation is 1. The van der Waals surface area contributed by atoms with E-state index in [9.17, 15) is 9.59 Å². The fourth-order valence-electron chi connectivity index (χ4n) is 1.83. The van der Waals surface area contributed by atoms with Crippen LogP contribution in [0.4, 0.5) is 5.69 Å². The molecule has 0 saturated heterocycles. The Kier molecular flexibility index (Phi) is 6.26. The second kappa shape index (κ2) is 8.00. The van der Waals surface area contributed by atoms with Crippen LogP contribution in [0.5, 0.6) is 5.75 Å². The highest BCUT2D eigenvalue weighted by molar-refractivity contribution is 9.11. The predicted molar refractivity (Wildman–Crippen MR) is 99.1 cm³/mol. The molecule has 2 rings (SSSR count). The maximum atomic E-state index is 12.0. The fourth-order valence-corrected chi connectivity index (χ4v) is 3.42. The highest BCUT2D eigenvalue weighted by atomic mass is 79.9. The zero-order chi connectivity index (χ0) is 17.9. The number of carbonyl (C=O) groups is 2. The maximum Gasteiger partial charge on any atom is 0.335 e. The molecule has 0 radical (unpaired) electrons. The van der Waals surface area contributed by atoms with E-state index in [1.807, 2.05) is 6.92 Å². The van der Waals surface area contributed by atoms with Crippen molar-refractivity contribution in [2.75, 3.05) is 11.9 Å². The van der Waals surface area contributed by atoms with E-state index in [1.54, 1.807) is 18.2 Å². The summed E-state index contributed by atoms with van der Waals surface area (Å²) < 4.78 is 6.32. The van der Waals surface area contributed by atoms with Gasteiger partial charge < -0.3 is 15.2 Å². The number of anilines is 1. The van der Waals surface area contributed by atoms with Crippen LogP contribution in [0, 0.1) is 6.92 Å². The first-order chi connectivity index (χ1) is 11.3. The van der Waals surface area contributed by atoms with Crippen LogP contribution in [0.3, 0.4) is 0 Å². The number of halogens is 3. The summed E-state index contributed by atoms with van der Waals surface area (Å²) in [5.41, 5.74) is 1.58. The Morgan fingerprint density at radius 3 is 2.38 bits per heavy atom. The van der Waals surface area contributed by atoms with Gasteiger partial charge in [-0.05, 0) is 68.6 Å². The number of benzene rings is 2. The van der Waals surface area contributed by atoms with Gasteiger partial charge in [-0.1, -0.05) is 17.7 Å². The van der Waals surface area contributed by atoms with Crippen molar-refractivity contribution < 1.29 is 19.4 Å². The minimum absolute atomic E-state index is 0.0971. The number of amides is 1. The molecule has 1 amide bonds. The monoisotopic (exact) mass is 475 g/mol. The van der Waals surface area contributed by atoms with E-state index in [0.29, 0.717) is 25.4 Å². The van der Waals surface area contributed by atoms with E-state index >= 15 is 0 Å². The molecule has 8 heteroatoms. The Balaban J connectivity index is 2.03. The van der Waals surface area contributed by atoms with Crippen LogP contribution in [-0.2, 0) is 4.79 Å². The van der Waals surface area contributed by atoms with Crippen LogP contribution >= 0.6 is 43.5 Å². The van der Waals surface area contributed by atoms with Crippen molar-refractivity contribution in [3.63, 3.8) is 0 Å². The number of carboxylic acid groups (broad SMARTS) is 1. The first-order valence-electron chi connectivity index (χ1n) is 6.69. The molecule has 0 aliphatic rings. The number of aromatic carboxylic acids is 1. The van der Waals surface area contributed by atoms with E-state index < -0.39 is 5.97 Å². The molecule has 2 N–H and O–H groups in total. The van der Waals surface area contributed by atoms with Gasteiger partial charge in [-0.3, -0.25) is 4.79 Å². The second-order valence-corrected chi connectivity index (χ2v) is 6.99. The zero-order valence-corrected chi connectivity index (χ0v) is 16.3. The molecule has 126 valence electrons. The van der Waals surface area contributed by atoms with E-state index in [0.717, 1.165) is 5.56 Å². The van der Waals surface area contributed by atoms with E-state index in [4.69, 9.17) is 21.4 Å². The Morgan fingerprint density at radius 2 is 1.83 bits per heavy atom. The topological polar surface area (TPSA) is 75.6 Å². The molecule has 0 aliphatic heterocycles. The first-order valence-corrected chi connectivity index (χ1v) is 8.65. The molecule has 24 heavy (non-hydrogen) atoms. The molecule has 0 spiro atoms. The zero-order valence-electron chi connectivity index (χ0n) is 12.4. The number of carboxylic acids is 1.